The van der Waals surface area contributed by atoms with Crippen LogP contribution in [0.1, 0.15) is 35.7 Å². The molecule has 1 rings (SSSR count). The van der Waals surface area contributed by atoms with Crippen LogP contribution < -0.4 is 0 Å². The number of hydrogen-bond donors (Lipinski definition) is 0. The standard InChI is InChI=1S/C10H11ClO/c1-7(2)9-5-8(6-12)3-4-10(9)11/h3-7H,1-2H3. The van der Waals surface area contributed by atoms with Crippen molar-refractivity contribution in [2.75, 3.05) is 0 Å². The molecule has 0 atom stereocenters. The zero-order chi connectivity index (χ0) is 9.14. The summed E-state index contributed by atoms with van der Waals surface area (Å²) >= 11 is 5.93. The van der Waals surface area contributed by atoms with E-state index in [1.165, 1.54) is 0 Å². The lowest BCUT2D eigenvalue weighted by Crippen LogP contribution is -1.91. The minimum absolute atomic E-state index is 0.359. The number of carbonyl (C=O) groups excluding carboxylic acids is 1. The van der Waals surface area contributed by atoms with Crippen LogP contribution in [0.4, 0.5) is 0 Å². The summed E-state index contributed by atoms with van der Waals surface area (Å²) < 4.78 is 0. The second-order valence-corrected chi connectivity index (χ2v) is 3.46. The zero-order valence-corrected chi connectivity index (χ0v) is 7.93. The van der Waals surface area contributed by atoms with Crippen LogP contribution >= 0.6 is 11.6 Å². The normalized spacial score (nSPS) is 10.3. The molecule has 64 valence electrons. The minimum atomic E-state index is 0.359. The van der Waals surface area contributed by atoms with Crippen molar-refractivity contribution in [3.63, 3.8) is 0 Å². The van der Waals surface area contributed by atoms with Crippen molar-refractivity contribution < 1.29 is 4.79 Å². The van der Waals surface area contributed by atoms with Gasteiger partial charge in [-0.3, -0.25) is 4.79 Å². The van der Waals surface area contributed by atoms with E-state index in [1.54, 1.807) is 12.1 Å². The Hall–Kier alpha value is -0.820. The lowest BCUT2D eigenvalue weighted by molar-refractivity contribution is 0.112. The van der Waals surface area contributed by atoms with Gasteiger partial charge < -0.3 is 0 Å². The van der Waals surface area contributed by atoms with Gasteiger partial charge in [-0.15, -0.1) is 0 Å². The number of carbonyl (C=O) groups is 1. The Morgan fingerprint density at radius 2 is 2.08 bits per heavy atom. The number of aldehydes is 1. The average Bonchev–Trinajstić information content (AvgIpc) is 2.05. The summed E-state index contributed by atoms with van der Waals surface area (Å²) in [4.78, 5) is 10.4. The lowest BCUT2D eigenvalue weighted by Gasteiger charge is -2.07. The number of halogens is 1. The summed E-state index contributed by atoms with van der Waals surface area (Å²) in [6.07, 6.45) is 0.836. The van der Waals surface area contributed by atoms with Crippen LogP contribution in [0.25, 0.3) is 0 Å². The molecule has 0 fully saturated rings. The van der Waals surface area contributed by atoms with Crippen LogP contribution in [0.2, 0.25) is 5.02 Å². The molecular formula is C10H11ClO. The highest BCUT2D eigenvalue weighted by molar-refractivity contribution is 6.31. The highest BCUT2D eigenvalue weighted by Crippen LogP contribution is 2.24. The van der Waals surface area contributed by atoms with E-state index in [1.807, 2.05) is 6.07 Å². The first-order valence-electron chi connectivity index (χ1n) is 3.89. The molecule has 0 bridgehead atoms. The summed E-state index contributed by atoms with van der Waals surface area (Å²) in [5, 5.41) is 0.732. The molecule has 0 heterocycles. The maximum atomic E-state index is 10.4. The molecule has 1 aromatic carbocycles. The van der Waals surface area contributed by atoms with E-state index in [-0.39, 0.29) is 0 Å². The van der Waals surface area contributed by atoms with Crippen molar-refractivity contribution in [3.8, 4) is 0 Å². The fourth-order valence-electron chi connectivity index (χ4n) is 1.08. The van der Waals surface area contributed by atoms with Gasteiger partial charge in [0, 0.05) is 10.6 Å². The Morgan fingerprint density at radius 1 is 1.42 bits per heavy atom. The summed E-state index contributed by atoms with van der Waals surface area (Å²) in [5.74, 6) is 0.359. The Morgan fingerprint density at radius 3 is 2.58 bits per heavy atom. The SMILES string of the molecule is CC(C)c1cc(C=O)ccc1Cl. The first-order valence-corrected chi connectivity index (χ1v) is 4.27. The van der Waals surface area contributed by atoms with E-state index < -0.39 is 0 Å². The van der Waals surface area contributed by atoms with Gasteiger partial charge in [-0.2, -0.15) is 0 Å². The molecule has 2 heteroatoms. The van der Waals surface area contributed by atoms with Gasteiger partial charge in [0.15, 0.2) is 0 Å². The van der Waals surface area contributed by atoms with Gasteiger partial charge in [0.05, 0.1) is 0 Å². The van der Waals surface area contributed by atoms with Crippen molar-refractivity contribution >= 4 is 17.9 Å². The van der Waals surface area contributed by atoms with Gasteiger partial charge in [0.1, 0.15) is 6.29 Å². The van der Waals surface area contributed by atoms with Gasteiger partial charge in [-0.05, 0) is 23.6 Å². The quantitative estimate of drug-likeness (QED) is 0.642. The van der Waals surface area contributed by atoms with Crippen molar-refractivity contribution in [3.05, 3.63) is 34.3 Å². The van der Waals surface area contributed by atoms with Gasteiger partial charge in [0.25, 0.3) is 0 Å². The molecule has 0 unspecified atom stereocenters. The van der Waals surface area contributed by atoms with E-state index in [4.69, 9.17) is 11.6 Å². The summed E-state index contributed by atoms with van der Waals surface area (Å²) in [6.45, 7) is 4.10. The van der Waals surface area contributed by atoms with Crippen molar-refractivity contribution in [1.82, 2.24) is 0 Å². The highest BCUT2D eigenvalue weighted by Gasteiger charge is 2.04. The Labute approximate surface area is 77.4 Å². The minimum Gasteiger partial charge on any atom is -0.298 e. The molecule has 0 saturated heterocycles. The van der Waals surface area contributed by atoms with E-state index in [0.717, 1.165) is 16.9 Å². The molecule has 0 saturated carbocycles. The number of benzene rings is 1. The van der Waals surface area contributed by atoms with Crippen LogP contribution in [0.5, 0.6) is 0 Å². The molecule has 1 aromatic rings. The monoisotopic (exact) mass is 182 g/mol. The highest BCUT2D eigenvalue weighted by atomic mass is 35.5. The topological polar surface area (TPSA) is 17.1 Å². The third-order valence-corrected chi connectivity index (χ3v) is 2.12. The molecular weight excluding hydrogens is 172 g/mol. The van der Waals surface area contributed by atoms with E-state index in [2.05, 4.69) is 13.8 Å². The van der Waals surface area contributed by atoms with Crippen LogP contribution in [-0.2, 0) is 0 Å². The van der Waals surface area contributed by atoms with Gasteiger partial charge >= 0.3 is 0 Å². The fourth-order valence-corrected chi connectivity index (χ4v) is 1.41. The molecule has 0 aliphatic heterocycles. The van der Waals surface area contributed by atoms with Crippen molar-refractivity contribution in [2.24, 2.45) is 0 Å². The Kier molecular flexibility index (Phi) is 2.88. The van der Waals surface area contributed by atoms with Gasteiger partial charge in [-0.1, -0.05) is 31.5 Å². The number of rotatable bonds is 2. The first-order chi connectivity index (χ1) is 5.65. The summed E-state index contributed by atoms with van der Waals surface area (Å²) in [5.41, 5.74) is 1.71. The smallest absolute Gasteiger partial charge is 0.150 e. The van der Waals surface area contributed by atoms with E-state index in [0.29, 0.717) is 11.5 Å². The largest absolute Gasteiger partial charge is 0.298 e. The third kappa shape index (κ3) is 1.86. The molecule has 12 heavy (non-hydrogen) atoms. The zero-order valence-electron chi connectivity index (χ0n) is 7.17. The number of hydrogen-bond acceptors (Lipinski definition) is 1. The molecule has 0 amide bonds. The van der Waals surface area contributed by atoms with Crippen LogP contribution in [0.3, 0.4) is 0 Å². The average molecular weight is 183 g/mol. The maximum Gasteiger partial charge on any atom is 0.150 e. The molecule has 0 radical (unpaired) electrons. The fraction of sp³-hybridized carbons (Fsp3) is 0.300. The molecule has 1 nitrogen and oxygen atoms in total. The van der Waals surface area contributed by atoms with Crippen LogP contribution in [0, 0.1) is 0 Å². The van der Waals surface area contributed by atoms with Gasteiger partial charge in [0.2, 0.25) is 0 Å². The molecule has 0 aromatic heterocycles. The van der Waals surface area contributed by atoms with Gasteiger partial charge in [-0.25, -0.2) is 0 Å². The summed E-state index contributed by atoms with van der Waals surface area (Å²) in [7, 11) is 0. The predicted octanol–water partition coefficient (Wildman–Crippen LogP) is 3.28. The van der Waals surface area contributed by atoms with E-state index in [9.17, 15) is 4.79 Å². The van der Waals surface area contributed by atoms with E-state index >= 15 is 0 Å². The van der Waals surface area contributed by atoms with Crippen LogP contribution in [0.15, 0.2) is 18.2 Å². The third-order valence-electron chi connectivity index (χ3n) is 1.78. The van der Waals surface area contributed by atoms with Crippen molar-refractivity contribution in [1.29, 1.82) is 0 Å². The second-order valence-electron chi connectivity index (χ2n) is 3.05. The lowest BCUT2D eigenvalue weighted by atomic mass is 10.0. The molecule has 0 aliphatic carbocycles. The van der Waals surface area contributed by atoms with Crippen LogP contribution in [-0.4, -0.2) is 6.29 Å². The molecule has 0 N–H and O–H groups in total. The maximum absolute atomic E-state index is 10.4. The van der Waals surface area contributed by atoms with Crippen molar-refractivity contribution in [2.45, 2.75) is 19.8 Å². The molecule has 0 aliphatic rings. The summed E-state index contributed by atoms with van der Waals surface area (Å²) in [6, 6.07) is 5.32. The predicted molar refractivity (Wildman–Crippen MR) is 50.9 cm³/mol. The Bertz CT molecular complexity index is 292. The second kappa shape index (κ2) is 3.72. The Balaban J connectivity index is 3.16. The molecule has 0 spiro atoms. The first kappa shape index (κ1) is 9.27.